The molecule has 12 heteroatoms. The van der Waals surface area contributed by atoms with Crippen LogP contribution in [-0.4, -0.2) is 56.8 Å². The summed E-state index contributed by atoms with van der Waals surface area (Å²) in [6.45, 7) is 10.0. The summed E-state index contributed by atoms with van der Waals surface area (Å²) < 4.78 is 22.1. The molecule has 43 heavy (non-hydrogen) atoms. The van der Waals surface area contributed by atoms with Gasteiger partial charge in [-0.2, -0.15) is 5.10 Å². The van der Waals surface area contributed by atoms with Crippen molar-refractivity contribution in [1.29, 1.82) is 0 Å². The number of para-hydroxylation sites is 1. The number of benzene rings is 2. The first-order valence-corrected chi connectivity index (χ1v) is 15.3. The van der Waals surface area contributed by atoms with E-state index in [0.29, 0.717) is 31.0 Å². The van der Waals surface area contributed by atoms with Crippen LogP contribution in [0, 0.1) is 27.7 Å². The fourth-order valence-electron chi connectivity index (χ4n) is 4.75. The van der Waals surface area contributed by atoms with Crippen LogP contribution in [0.15, 0.2) is 30.3 Å². The Morgan fingerprint density at radius 2 is 1.88 bits per heavy atom. The average molecular weight is 632 g/mol. The maximum absolute atomic E-state index is 13.2. The molecule has 2 aromatic heterocycles. The summed E-state index contributed by atoms with van der Waals surface area (Å²) in [5.74, 6) is -0.108. The summed E-state index contributed by atoms with van der Waals surface area (Å²) in [6.07, 6.45) is -0.298. The minimum absolute atomic E-state index is 0.153. The number of nitrogens with one attached hydrogen (secondary N) is 2. The molecule has 0 spiro atoms. The lowest BCUT2D eigenvalue weighted by molar-refractivity contribution is -0.142. The molecule has 0 saturated carbocycles. The highest BCUT2D eigenvalue weighted by Gasteiger charge is 2.22. The van der Waals surface area contributed by atoms with Gasteiger partial charge in [0.05, 0.1) is 17.8 Å². The van der Waals surface area contributed by atoms with Gasteiger partial charge in [-0.1, -0.05) is 29.8 Å². The number of carboxylic acids is 1. The standard InChI is InChI=1S/C28H34ClN5O2S.C3H5FO2/c1-16-14-20(15-17(2)25(16)29)36-12-7-10-22-21-8-6-9-23(24-18(3)32-34(5)19(24)4)26(21)31-27(22)28(35)33-37-13-11-30;1-2(4)3(5)6/h6,8-9,14-15,31H,7,10-13,30H2,1-5H3,(H,33,35);2H,1H3,(H,5,6). The van der Waals surface area contributed by atoms with Crippen molar-refractivity contribution in [3.05, 3.63) is 69.1 Å². The van der Waals surface area contributed by atoms with Gasteiger partial charge in [0.2, 0.25) is 0 Å². The van der Waals surface area contributed by atoms with Crippen LogP contribution in [0.2, 0.25) is 5.02 Å². The number of aromatic amines is 1. The van der Waals surface area contributed by atoms with E-state index >= 15 is 0 Å². The summed E-state index contributed by atoms with van der Waals surface area (Å²) >= 11 is 7.61. The van der Waals surface area contributed by atoms with Crippen molar-refractivity contribution in [3.63, 3.8) is 0 Å². The Morgan fingerprint density at radius 1 is 1.23 bits per heavy atom. The van der Waals surface area contributed by atoms with Crippen molar-refractivity contribution in [3.8, 4) is 16.9 Å². The first kappa shape index (κ1) is 34.0. The lowest BCUT2D eigenvalue weighted by Gasteiger charge is -2.10. The lowest BCUT2D eigenvalue weighted by atomic mass is 9.98. The molecule has 1 amide bonds. The molecule has 4 rings (SSSR count). The first-order chi connectivity index (χ1) is 20.4. The number of carbonyl (C=O) groups is 2. The number of halogens is 2. The Hall–Kier alpha value is -3.54. The highest BCUT2D eigenvalue weighted by molar-refractivity contribution is 7.97. The van der Waals surface area contributed by atoms with E-state index in [9.17, 15) is 14.0 Å². The molecule has 0 radical (unpaired) electrons. The van der Waals surface area contributed by atoms with Gasteiger partial charge in [-0.05, 0) is 88.2 Å². The van der Waals surface area contributed by atoms with E-state index in [1.54, 1.807) is 0 Å². The Kier molecular flexibility index (Phi) is 12.1. The highest BCUT2D eigenvalue weighted by atomic mass is 35.5. The summed E-state index contributed by atoms with van der Waals surface area (Å²) in [6, 6.07) is 10.1. The van der Waals surface area contributed by atoms with E-state index in [0.717, 1.165) is 74.2 Å². The smallest absolute Gasteiger partial charge is 0.337 e. The molecule has 0 aliphatic carbocycles. The van der Waals surface area contributed by atoms with Crippen LogP contribution in [0.4, 0.5) is 4.39 Å². The number of fused-ring (bicyclic) bond motifs is 1. The third kappa shape index (κ3) is 8.31. The summed E-state index contributed by atoms with van der Waals surface area (Å²) in [5.41, 5.74) is 14.2. The zero-order valence-corrected chi connectivity index (χ0v) is 26.9. The molecule has 1 atom stereocenters. The molecule has 5 N–H and O–H groups in total. The van der Waals surface area contributed by atoms with Crippen molar-refractivity contribution in [2.45, 2.75) is 53.6 Å². The number of alkyl halides is 1. The van der Waals surface area contributed by atoms with Gasteiger partial charge in [-0.3, -0.25) is 14.2 Å². The van der Waals surface area contributed by atoms with E-state index in [1.807, 2.05) is 50.7 Å². The largest absolute Gasteiger partial charge is 0.494 e. The van der Waals surface area contributed by atoms with Crippen molar-refractivity contribution in [2.24, 2.45) is 12.8 Å². The second-order valence-electron chi connectivity index (χ2n) is 10.2. The van der Waals surface area contributed by atoms with Crippen LogP contribution in [0.5, 0.6) is 5.75 Å². The van der Waals surface area contributed by atoms with E-state index in [1.165, 1.54) is 11.9 Å². The van der Waals surface area contributed by atoms with Crippen molar-refractivity contribution < 1.29 is 23.8 Å². The molecule has 2 aromatic carbocycles. The Morgan fingerprint density at radius 3 is 2.44 bits per heavy atom. The van der Waals surface area contributed by atoms with Crippen LogP contribution in [-0.2, 0) is 18.3 Å². The molecule has 0 bridgehead atoms. The van der Waals surface area contributed by atoms with Gasteiger partial charge < -0.3 is 20.6 Å². The predicted octanol–water partition coefficient (Wildman–Crippen LogP) is 6.23. The molecule has 9 nitrogen and oxygen atoms in total. The minimum Gasteiger partial charge on any atom is -0.494 e. The second-order valence-corrected chi connectivity index (χ2v) is 11.5. The van der Waals surface area contributed by atoms with Crippen molar-refractivity contribution in [2.75, 3.05) is 18.9 Å². The maximum Gasteiger partial charge on any atom is 0.337 e. The van der Waals surface area contributed by atoms with Gasteiger partial charge >= 0.3 is 5.97 Å². The van der Waals surface area contributed by atoms with E-state index in [-0.39, 0.29) is 5.91 Å². The first-order valence-electron chi connectivity index (χ1n) is 13.9. The topological polar surface area (TPSA) is 135 Å². The highest BCUT2D eigenvalue weighted by Crippen LogP contribution is 2.35. The number of hydrogen-bond acceptors (Lipinski definition) is 6. The number of nitrogens with zero attached hydrogens (tertiary/aromatic N) is 2. The lowest BCUT2D eigenvalue weighted by Crippen LogP contribution is -2.20. The number of aryl methyl sites for hydroxylation is 5. The van der Waals surface area contributed by atoms with Crippen molar-refractivity contribution >= 4 is 46.3 Å². The fraction of sp³-hybridized carbons (Fsp3) is 0.387. The van der Waals surface area contributed by atoms with Gasteiger partial charge in [-0.25, -0.2) is 9.18 Å². The van der Waals surface area contributed by atoms with Crippen LogP contribution < -0.4 is 15.2 Å². The van der Waals surface area contributed by atoms with E-state index < -0.39 is 12.1 Å². The fourth-order valence-corrected chi connectivity index (χ4v) is 5.32. The summed E-state index contributed by atoms with van der Waals surface area (Å²) in [7, 11) is 1.95. The number of aromatic nitrogens is 3. The van der Waals surface area contributed by atoms with E-state index in [2.05, 4.69) is 33.9 Å². The number of hydrogen-bond donors (Lipinski definition) is 4. The maximum atomic E-state index is 13.2. The van der Waals surface area contributed by atoms with E-state index in [4.69, 9.17) is 27.2 Å². The van der Waals surface area contributed by atoms with Crippen LogP contribution >= 0.6 is 23.5 Å². The predicted molar refractivity (Wildman–Crippen MR) is 172 cm³/mol. The van der Waals surface area contributed by atoms with Crippen LogP contribution in [0.25, 0.3) is 22.0 Å². The molecule has 2 heterocycles. The molecular weight excluding hydrogens is 593 g/mol. The number of amides is 1. The zero-order valence-electron chi connectivity index (χ0n) is 25.3. The quantitative estimate of drug-likeness (QED) is 0.114. The number of aliphatic carboxylic acids is 1. The number of rotatable bonds is 11. The number of carbonyl (C=O) groups excluding carboxylic acids is 1. The number of H-pyrrole nitrogens is 1. The van der Waals surface area contributed by atoms with Gasteiger partial charge in [-0.15, -0.1) is 0 Å². The van der Waals surface area contributed by atoms with Gasteiger partial charge in [0.15, 0.2) is 6.17 Å². The number of nitrogens with two attached hydrogens (primary N) is 1. The van der Waals surface area contributed by atoms with Gasteiger partial charge in [0, 0.05) is 46.6 Å². The van der Waals surface area contributed by atoms with Gasteiger partial charge in [0.25, 0.3) is 5.91 Å². The summed E-state index contributed by atoms with van der Waals surface area (Å²) in [5, 5.41) is 14.0. The Labute approximate surface area is 260 Å². The minimum atomic E-state index is -1.73. The SMILES string of the molecule is CC(F)C(=O)O.Cc1cc(OCCCc2c(C(=O)NSCCN)[nH]c3c(-c4c(C)nn(C)c4C)cccc23)cc(C)c1Cl. The molecule has 0 saturated heterocycles. The number of carboxylic acid groups (broad SMARTS) is 1. The third-order valence-corrected chi connectivity index (χ3v) is 8.29. The Balaban J connectivity index is 0.000000765. The third-order valence-electron chi connectivity index (χ3n) is 6.92. The molecule has 4 aromatic rings. The molecule has 0 aliphatic heterocycles. The second kappa shape index (κ2) is 15.3. The summed E-state index contributed by atoms with van der Waals surface area (Å²) in [4.78, 5) is 26.0. The monoisotopic (exact) mass is 631 g/mol. The van der Waals surface area contributed by atoms with Crippen LogP contribution in [0.1, 0.15) is 51.9 Å². The molecule has 1 unspecified atom stereocenters. The Bertz CT molecular complexity index is 1580. The molecule has 232 valence electrons. The van der Waals surface area contributed by atoms with Crippen molar-refractivity contribution in [1.82, 2.24) is 19.5 Å². The van der Waals surface area contributed by atoms with Gasteiger partial charge in [0.1, 0.15) is 11.4 Å². The molecule has 0 aliphatic rings. The zero-order chi connectivity index (χ0) is 31.8. The normalized spacial score (nSPS) is 11.7. The number of ether oxygens (including phenoxy) is 1. The molecular formula is C31H39ClFN5O4S. The molecule has 0 fully saturated rings. The van der Waals surface area contributed by atoms with Crippen LogP contribution in [0.3, 0.4) is 0 Å². The average Bonchev–Trinajstić information content (AvgIpc) is 3.45.